The molecule has 2 heteroatoms. The summed E-state index contributed by atoms with van der Waals surface area (Å²) in [7, 11) is 0. The molecule has 1 atom stereocenters. The number of rotatable bonds is 6. The van der Waals surface area contributed by atoms with E-state index < -0.39 is 0 Å². The van der Waals surface area contributed by atoms with Gasteiger partial charge in [0.05, 0.1) is 6.04 Å². The third kappa shape index (κ3) is 11.6. The van der Waals surface area contributed by atoms with Gasteiger partial charge >= 0.3 is 0 Å². The minimum Gasteiger partial charge on any atom is -0.322 e. The minimum atomic E-state index is -0.216. The van der Waals surface area contributed by atoms with Crippen LogP contribution in [0, 0.1) is 0 Å². The fraction of sp³-hybridized carbons (Fsp3) is 0.909. The Kier molecular flexibility index (Phi) is 16.5. The van der Waals surface area contributed by atoms with Crippen LogP contribution in [0.5, 0.6) is 0 Å². The molecule has 0 saturated heterocycles. The molecule has 0 aromatic heterocycles. The predicted molar refractivity (Wildman–Crippen MR) is 60.9 cm³/mol. The van der Waals surface area contributed by atoms with Gasteiger partial charge in [0.15, 0.2) is 0 Å². The summed E-state index contributed by atoms with van der Waals surface area (Å²) >= 11 is 0. The van der Waals surface area contributed by atoms with Crippen molar-refractivity contribution in [3.63, 3.8) is 0 Å². The van der Waals surface area contributed by atoms with Gasteiger partial charge in [0.1, 0.15) is 5.78 Å². The van der Waals surface area contributed by atoms with Crippen molar-refractivity contribution in [1.29, 1.82) is 0 Å². The number of Topliss-reactive ketones (excluding diaryl/α,β-unsaturated/α-hetero) is 1. The van der Waals surface area contributed by atoms with Crippen LogP contribution in [0.15, 0.2) is 0 Å². The van der Waals surface area contributed by atoms with Crippen molar-refractivity contribution in [3.05, 3.63) is 0 Å². The first-order valence-corrected chi connectivity index (χ1v) is 4.44. The molecule has 0 aromatic carbocycles. The van der Waals surface area contributed by atoms with Crippen molar-refractivity contribution < 1.29 is 4.79 Å². The van der Waals surface area contributed by atoms with Gasteiger partial charge in [0.25, 0.3) is 0 Å². The van der Waals surface area contributed by atoms with E-state index in [2.05, 4.69) is 6.92 Å². The molecule has 0 heterocycles. The maximum absolute atomic E-state index is 10.7. The molecule has 0 spiro atoms. The van der Waals surface area contributed by atoms with E-state index in [4.69, 9.17) is 5.73 Å². The molecule has 0 aliphatic rings. The highest BCUT2D eigenvalue weighted by atomic mass is 16.1. The van der Waals surface area contributed by atoms with Crippen molar-refractivity contribution in [1.82, 2.24) is 0 Å². The molecule has 2 nitrogen and oxygen atoms in total. The van der Waals surface area contributed by atoms with Crippen LogP contribution in [0.4, 0.5) is 0 Å². The molecule has 1 unspecified atom stereocenters. The Bertz CT molecular complexity index is 113. The predicted octanol–water partition coefficient (Wildman–Crippen LogP) is 3.15. The van der Waals surface area contributed by atoms with E-state index in [1.165, 1.54) is 19.3 Å². The first-order chi connectivity index (χ1) is 5.18. The van der Waals surface area contributed by atoms with Crippen LogP contribution in [0.3, 0.4) is 0 Å². The number of nitrogens with two attached hydrogens (primary N) is 1. The zero-order valence-electron chi connectivity index (χ0n) is 7.60. The smallest absolute Gasteiger partial charge is 0.146 e. The zero-order chi connectivity index (χ0) is 8.69. The number of hydrogen-bond donors (Lipinski definition) is 1. The molecule has 13 heavy (non-hydrogen) atoms. The van der Waals surface area contributed by atoms with Crippen molar-refractivity contribution in [3.8, 4) is 0 Å². The maximum Gasteiger partial charge on any atom is 0.146 e. The van der Waals surface area contributed by atoms with Crippen LogP contribution in [-0.2, 0) is 4.79 Å². The van der Waals surface area contributed by atoms with Crippen LogP contribution in [0.1, 0.15) is 60.8 Å². The van der Waals surface area contributed by atoms with Gasteiger partial charge in [-0.3, -0.25) is 4.79 Å². The Labute approximate surface area is 83.9 Å². The summed E-state index contributed by atoms with van der Waals surface area (Å²) in [5.41, 5.74) is 5.55. The van der Waals surface area contributed by atoms with Crippen LogP contribution in [-0.4, -0.2) is 11.8 Å². The quantitative estimate of drug-likeness (QED) is 0.652. The Morgan fingerprint density at radius 2 is 1.77 bits per heavy atom. The number of carbonyl (C=O) groups excluding carboxylic acids is 1. The second kappa shape index (κ2) is 11.6. The lowest BCUT2D eigenvalue weighted by molar-refractivity contribution is -0.118. The summed E-state index contributed by atoms with van der Waals surface area (Å²) in [6.07, 6.45) is 5.64. The lowest BCUT2D eigenvalue weighted by Crippen LogP contribution is -2.27. The number of hydrogen-bond acceptors (Lipinski definition) is 2. The van der Waals surface area contributed by atoms with Gasteiger partial charge in [-0.1, -0.05) is 47.5 Å². The van der Waals surface area contributed by atoms with E-state index in [-0.39, 0.29) is 26.7 Å². The van der Waals surface area contributed by atoms with Crippen LogP contribution >= 0.6 is 0 Å². The van der Waals surface area contributed by atoms with Crippen LogP contribution in [0.25, 0.3) is 0 Å². The highest BCUT2D eigenvalue weighted by Crippen LogP contribution is 2.04. The van der Waals surface area contributed by atoms with Crippen molar-refractivity contribution >= 4 is 5.78 Å². The first kappa shape index (κ1) is 18.4. The SMILES string of the molecule is C.C.CCCCCCC(N)C(C)=O. The average molecular weight is 189 g/mol. The molecular weight excluding hydrogens is 162 g/mol. The van der Waals surface area contributed by atoms with E-state index in [1.807, 2.05) is 0 Å². The van der Waals surface area contributed by atoms with Gasteiger partial charge in [-0.25, -0.2) is 0 Å². The third-order valence-corrected chi connectivity index (χ3v) is 1.89. The van der Waals surface area contributed by atoms with Gasteiger partial charge in [-0.05, 0) is 13.3 Å². The molecule has 0 amide bonds. The number of unbranched alkanes of at least 4 members (excludes halogenated alkanes) is 3. The molecule has 0 bridgehead atoms. The Morgan fingerprint density at radius 1 is 1.23 bits per heavy atom. The van der Waals surface area contributed by atoms with Gasteiger partial charge in [0, 0.05) is 0 Å². The third-order valence-electron chi connectivity index (χ3n) is 1.89. The second-order valence-electron chi connectivity index (χ2n) is 3.07. The molecule has 0 radical (unpaired) electrons. The van der Waals surface area contributed by atoms with Gasteiger partial charge < -0.3 is 5.73 Å². The summed E-state index contributed by atoms with van der Waals surface area (Å²) in [4.78, 5) is 10.7. The van der Waals surface area contributed by atoms with Crippen molar-refractivity contribution in [2.75, 3.05) is 0 Å². The van der Waals surface area contributed by atoms with Crippen LogP contribution < -0.4 is 5.73 Å². The summed E-state index contributed by atoms with van der Waals surface area (Å²) in [5, 5.41) is 0. The van der Waals surface area contributed by atoms with Gasteiger partial charge in [-0.2, -0.15) is 0 Å². The minimum absolute atomic E-state index is 0. The van der Waals surface area contributed by atoms with E-state index in [0.29, 0.717) is 0 Å². The van der Waals surface area contributed by atoms with Crippen molar-refractivity contribution in [2.24, 2.45) is 5.73 Å². The van der Waals surface area contributed by atoms with E-state index in [0.717, 1.165) is 12.8 Å². The monoisotopic (exact) mass is 189 g/mol. The molecular formula is C11H27NO. The molecule has 0 rings (SSSR count). The highest BCUT2D eigenvalue weighted by Gasteiger charge is 2.05. The zero-order valence-corrected chi connectivity index (χ0v) is 7.60. The molecule has 0 fully saturated rings. The summed E-state index contributed by atoms with van der Waals surface area (Å²) in [5.74, 6) is 0.112. The summed E-state index contributed by atoms with van der Waals surface area (Å²) in [6.45, 7) is 3.73. The largest absolute Gasteiger partial charge is 0.322 e. The molecule has 0 aliphatic heterocycles. The fourth-order valence-corrected chi connectivity index (χ4v) is 0.994. The van der Waals surface area contributed by atoms with Gasteiger partial charge in [0.2, 0.25) is 0 Å². The number of ketones is 1. The second-order valence-corrected chi connectivity index (χ2v) is 3.07. The number of carbonyl (C=O) groups is 1. The molecule has 0 saturated carbocycles. The lowest BCUT2D eigenvalue weighted by Gasteiger charge is -2.05. The molecule has 0 aromatic rings. The normalized spacial score (nSPS) is 11.0. The highest BCUT2D eigenvalue weighted by molar-refractivity contribution is 5.80. The first-order valence-electron chi connectivity index (χ1n) is 4.44. The maximum atomic E-state index is 10.7. The van der Waals surface area contributed by atoms with E-state index >= 15 is 0 Å². The standard InChI is InChI=1S/C9H19NO.2CH4/c1-3-4-5-6-7-9(10)8(2)11;;/h9H,3-7,10H2,1-2H3;2*1H4. The Morgan fingerprint density at radius 3 is 2.15 bits per heavy atom. The van der Waals surface area contributed by atoms with Gasteiger partial charge in [-0.15, -0.1) is 0 Å². The Hall–Kier alpha value is -0.370. The average Bonchev–Trinajstić information content (AvgIpc) is 1.97. The topological polar surface area (TPSA) is 43.1 Å². The van der Waals surface area contributed by atoms with E-state index in [1.54, 1.807) is 6.92 Å². The van der Waals surface area contributed by atoms with E-state index in [9.17, 15) is 4.79 Å². The Balaban J connectivity index is -0.000000500. The summed E-state index contributed by atoms with van der Waals surface area (Å²) < 4.78 is 0. The summed E-state index contributed by atoms with van der Waals surface area (Å²) in [6, 6.07) is -0.216. The fourth-order valence-electron chi connectivity index (χ4n) is 0.994. The molecule has 2 N–H and O–H groups in total. The lowest BCUT2D eigenvalue weighted by atomic mass is 10.1. The molecule has 0 aliphatic carbocycles. The van der Waals surface area contributed by atoms with Crippen molar-refractivity contribution in [2.45, 2.75) is 66.8 Å². The molecule has 82 valence electrons. The van der Waals surface area contributed by atoms with Crippen LogP contribution in [0.2, 0.25) is 0 Å².